The highest BCUT2D eigenvalue weighted by molar-refractivity contribution is 5.95. The van der Waals surface area contributed by atoms with E-state index < -0.39 is 0 Å². The number of anilines is 1. The third kappa shape index (κ3) is 3.03. The van der Waals surface area contributed by atoms with Crippen LogP contribution in [0.1, 0.15) is 49.4 Å². The van der Waals surface area contributed by atoms with Crippen LogP contribution in [0.25, 0.3) is 0 Å². The molecule has 1 saturated carbocycles. The highest BCUT2D eigenvalue weighted by Crippen LogP contribution is 2.27. The monoisotopic (exact) mass is 246 g/mol. The molecule has 2 rings (SSSR count). The quantitative estimate of drug-likeness (QED) is 0.860. The van der Waals surface area contributed by atoms with Gasteiger partial charge in [0.05, 0.1) is 0 Å². The van der Waals surface area contributed by atoms with Crippen molar-refractivity contribution in [2.45, 2.75) is 44.6 Å². The van der Waals surface area contributed by atoms with Gasteiger partial charge in [0.15, 0.2) is 0 Å². The minimum absolute atomic E-state index is 0.0228. The molecule has 0 radical (unpaired) electrons. The summed E-state index contributed by atoms with van der Waals surface area (Å²) in [5.74, 6) is 0.0384. The summed E-state index contributed by atoms with van der Waals surface area (Å²) in [4.78, 5) is 12.2. The molecule has 98 valence electrons. The Kier molecular flexibility index (Phi) is 3.90. The summed E-state index contributed by atoms with van der Waals surface area (Å²) in [6, 6.07) is 7.62. The molecule has 0 spiro atoms. The Balaban J connectivity index is 2.06. The van der Waals surface area contributed by atoms with Gasteiger partial charge in [0, 0.05) is 23.8 Å². The van der Waals surface area contributed by atoms with Crippen LogP contribution in [0.15, 0.2) is 24.3 Å². The van der Waals surface area contributed by atoms with E-state index in [0.717, 1.165) is 24.1 Å². The van der Waals surface area contributed by atoms with Gasteiger partial charge in [0.2, 0.25) is 0 Å². The molecule has 1 aliphatic rings. The van der Waals surface area contributed by atoms with Crippen molar-refractivity contribution >= 4 is 11.6 Å². The van der Waals surface area contributed by atoms with Gasteiger partial charge in [-0.2, -0.15) is 0 Å². The number of carbonyl (C=O) groups excluding carboxylic acids is 1. The molecule has 18 heavy (non-hydrogen) atoms. The Bertz CT molecular complexity index is 422. The van der Waals surface area contributed by atoms with E-state index in [2.05, 4.69) is 17.6 Å². The van der Waals surface area contributed by atoms with Crippen molar-refractivity contribution in [3.05, 3.63) is 29.8 Å². The normalized spacial score (nSPS) is 18.1. The molecule has 0 aromatic heterocycles. The van der Waals surface area contributed by atoms with Crippen molar-refractivity contribution in [2.24, 2.45) is 0 Å². The fourth-order valence-electron chi connectivity index (χ4n) is 2.62. The van der Waals surface area contributed by atoms with E-state index in [0.29, 0.717) is 0 Å². The Morgan fingerprint density at radius 3 is 2.61 bits per heavy atom. The van der Waals surface area contributed by atoms with E-state index in [1.165, 1.54) is 19.3 Å². The number of carbonyl (C=O) groups is 1. The van der Waals surface area contributed by atoms with Crippen molar-refractivity contribution < 1.29 is 4.79 Å². The summed E-state index contributed by atoms with van der Waals surface area (Å²) in [5.41, 5.74) is 1.68. The number of rotatable bonds is 3. The first-order chi connectivity index (χ1) is 8.63. The average molecular weight is 246 g/mol. The van der Waals surface area contributed by atoms with Crippen molar-refractivity contribution in [1.82, 2.24) is 5.32 Å². The molecule has 0 bridgehead atoms. The molecule has 3 heteroatoms. The minimum atomic E-state index is -0.0228. The second-order valence-corrected chi connectivity index (χ2v) is 5.41. The topological polar surface area (TPSA) is 41.1 Å². The Morgan fingerprint density at radius 1 is 1.22 bits per heavy atom. The van der Waals surface area contributed by atoms with Gasteiger partial charge in [-0.1, -0.05) is 25.3 Å². The van der Waals surface area contributed by atoms with Crippen LogP contribution >= 0.6 is 0 Å². The van der Waals surface area contributed by atoms with Gasteiger partial charge in [0.1, 0.15) is 0 Å². The molecule has 1 amide bonds. The van der Waals surface area contributed by atoms with Crippen LogP contribution in [0, 0.1) is 0 Å². The van der Waals surface area contributed by atoms with E-state index in [9.17, 15) is 4.79 Å². The molecule has 3 nitrogen and oxygen atoms in total. The Hall–Kier alpha value is -1.51. The lowest BCUT2D eigenvalue weighted by Crippen LogP contribution is -2.47. The predicted octanol–water partition coefficient (Wildman–Crippen LogP) is 3.18. The summed E-state index contributed by atoms with van der Waals surface area (Å²) >= 11 is 0. The highest BCUT2D eigenvalue weighted by Gasteiger charge is 2.28. The van der Waals surface area contributed by atoms with Crippen LogP contribution in [-0.2, 0) is 0 Å². The van der Waals surface area contributed by atoms with Crippen LogP contribution in [0.3, 0.4) is 0 Å². The fourth-order valence-corrected chi connectivity index (χ4v) is 2.62. The lowest BCUT2D eigenvalue weighted by atomic mass is 9.83. The number of nitrogens with one attached hydrogen (secondary N) is 2. The number of hydrogen-bond acceptors (Lipinski definition) is 2. The standard InChI is InChI=1S/C15H22N2O/c1-15(9-4-3-5-10-15)17-14(18)12-7-6-8-13(11-12)16-2/h6-8,11,16H,3-5,9-10H2,1-2H3,(H,17,18). The van der Waals surface area contributed by atoms with Crippen molar-refractivity contribution in [1.29, 1.82) is 0 Å². The summed E-state index contributed by atoms with van der Waals surface area (Å²) in [6.45, 7) is 2.16. The first-order valence-corrected chi connectivity index (χ1v) is 6.73. The van der Waals surface area contributed by atoms with Gasteiger partial charge >= 0.3 is 0 Å². The molecule has 2 N–H and O–H groups in total. The molecule has 1 aromatic rings. The number of hydrogen-bond donors (Lipinski definition) is 2. The largest absolute Gasteiger partial charge is 0.388 e. The molecule has 0 heterocycles. The van der Waals surface area contributed by atoms with Crippen LogP contribution < -0.4 is 10.6 Å². The van der Waals surface area contributed by atoms with E-state index in [1.807, 2.05) is 31.3 Å². The van der Waals surface area contributed by atoms with Crippen LogP contribution in [0.2, 0.25) is 0 Å². The SMILES string of the molecule is CNc1cccc(C(=O)NC2(C)CCCCC2)c1. The molecule has 0 saturated heterocycles. The molecule has 1 fully saturated rings. The van der Waals surface area contributed by atoms with Gasteiger partial charge in [-0.15, -0.1) is 0 Å². The zero-order valence-electron chi connectivity index (χ0n) is 11.3. The van der Waals surface area contributed by atoms with E-state index >= 15 is 0 Å². The Morgan fingerprint density at radius 2 is 1.94 bits per heavy atom. The summed E-state index contributed by atoms with van der Waals surface area (Å²) in [7, 11) is 1.86. The maximum absolute atomic E-state index is 12.2. The maximum Gasteiger partial charge on any atom is 0.251 e. The van der Waals surface area contributed by atoms with Gasteiger partial charge in [-0.3, -0.25) is 4.79 Å². The molecule has 1 aliphatic carbocycles. The first-order valence-electron chi connectivity index (χ1n) is 6.73. The van der Waals surface area contributed by atoms with Gasteiger partial charge in [-0.05, 0) is 38.0 Å². The lowest BCUT2D eigenvalue weighted by molar-refractivity contribution is 0.0883. The van der Waals surface area contributed by atoms with Crippen molar-refractivity contribution in [3.63, 3.8) is 0 Å². The third-order valence-electron chi connectivity index (χ3n) is 3.79. The zero-order chi connectivity index (χ0) is 13.0. The second kappa shape index (κ2) is 5.42. The zero-order valence-corrected chi connectivity index (χ0v) is 11.3. The second-order valence-electron chi connectivity index (χ2n) is 5.41. The van der Waals surface area contributed by atoms with Crippen molar-refractivity contribution in [3.8, 4) is 0 Å². The lowest BCUT2D eigenvalue weighted by Gasteiger charge is -2.34. The van der Waals surface area contributed by atoms with Crippen LogP contribution in [0.4, 0.5) is 5.69 Å². The molecular formula is C15H22N2O. The predicted molar refractivity (Wildman–Crippen MR) is 74.9 cm³/mol. The van der Waals surface area contributed by atoms with E-state index in [1.54, 1.807) is 0 Å². The molecule has 0 aliphatic heterocycles. The van der Waals surface area contributed by atoms with Crippen LogP contribution in [0.5, 0.6) is 0 Å². The molecule has 1 aromatic carbocycles. The molecule has 0 atom stereocenters. The first kappa shape index (κ1) is 12.9. The smallest absolute Gasteiger partial charge is 0.251 e. The van der Waals surface area contributed by atoms with E-state index in [4.69, 9.17) is 0 Å². The minimum Gasteiger partial charge on any atom is -0.388 e. The summed E-state index contributed by atoms with van der Waals surface area (Å²) < 4.78 is 0. The third-order valence-corrected chi connectivity index (χ3v) is 3.79. The Labute approximate surface area is 109 Å². The average Bonchev–Trinajstić information content (AvgIpc) is 2.39. The maximum atomic E-state index is 12.2. The highest BCUT2D eigenvalue weighted by atomic mass is 16.1. The number of amides is 1. The van der Waals surface area contributed by atoms with Gasteiger partial charge in [-0.25, -0.2) is 0 Å². The summed E-state index contributed by atoms with van der Waals surface area (Å²) in [5, 5.41) is 6.25. The van der Waals surface area contributed by atoms with Gasteiger partial charge in [0.25, 0.3) is 5.91 Å². The number of benzene rings is 1. The molecule has 0 unspecified atom stereocenters. The fraction of sp³-hybridized carbons (Fsp3) is 0.533. The van der Waals surface area contributed by atoms with Crippen molar-refractivity contribution in [2.75, 3.05) is 12.4 Å². The van der Waals surface area contributed by atoms with E-state index in [-0.39, 0.29) is 11.4 Å². The summed E-state index contributed by atoms with van der Waals surface area (Å²) in [6.07, 6.45) is 5.90. The molecular weight excluding hydrogens is 224 g/mol. The van der Waals surface area contributed by atoms with Gasteiger partial charge < -0.3 is 10.6 Å². The van der Waals surface area contributed by atoms with Crippen LogP contribution in [-0.4, -0.2) is 18.5 Å².